The molecule has 0 saturated carbocycles. The zero-order valence-corrected chi connectivity index (χ0v) is 13.6. The summed E-state index contributed by atoms with van der Waals surface area (Å²) in [5.74, 6) is 1.47. The SMILES string of the molecule is c1cc(NC2=NCCO2)cc(Oc2ccc(NC3=NCCO3)cc2)c1. The van der Waals surface area contributed by atoms with E-state index < -0.39 is 0 Å². The molecule has 2 aromatic carbocycles. The first-order valence-corrected chi connectivity index (χ1v) is 8.12. The van der Waals surface area contributed by atoms with Crippen LogP contribution in [0.2, 0.25) is 0 Å². The van der Waals surface area contributed by atoms with E-state index in [1.54, 1.807) is 0 Å². The lowest BCUT2D eigenvalue weighted by molar-refractivity contribution is 0.346. The Kier molecular flexibility index (Phi) is 4.37. The molecule has 2 aliphatic rings. The largest absolute Gasteiger partial charge is 0.463 e. The van der Waals surface area contributed by atoms with Gasteiger partial charge in [-0.2, -0.15) is 0 Å². The van der Waals surface area contributed by atoms with E-state index in [0.717, 1.165) is 22.9 Å². The van der Waals surface area contributed by atoms with Crippen molar-refractivity contribution in [2.24, 2.45) is 9.98 Å². The van der Waals surface area contributed by atoms with Crippen molar-refractivity contribution in [2.75, 3.05) is 36.9 Å². The maximum Gasteiger partial charge on any atom is 0.289 e. The Bertz CT molecular complexity index is 802. The van der Waals surface area contributed by atoms with Crippen LogP contribution in [0.1, 0.15) is 0 Å². The number of amidine groups is 2. The van der Waals surface area contributed by atoms with Crippen LogP contribution >= 0.6 is 0 Å². The second kappa shape index (κ2) is 7.12. The molecule has 128 valence electrons. The molecule has 0 radical (unpaired) electrons. The monoisotopic (exact) mass is 338 g/mol. The summed E-state index contributed by atoms with van der Waals surface area (Å²) >= 11 is 0. The van der Waals surface area contributed by atoms with Crippen molar-refractivity contribution in [1.29, 1.82) is 0 Å². The smallest absolute Gasteiger partial charge is 0.289 e. The van der Waals surface area contributed by atoms with Gasteiger partial charge in [0.25, 0.3) is 12.0 Å². The van der Waals surface area contributed by atoms with Crippen molar-refractivity contribution in [3.8, 4) is 11.5 Å². The average Bonchev–Trinajstić information content (AvgIpc) is 3.31. The lowest BCUT2D eigenvalue weighted by Crippen LogP contribution is -2.11. The fourth-order valence-electron chi connectivity index (χ4n) is 2.45. The minimum absolute atomic E-state index is 0.546. The average molecular weight is 338 g/mol. The van der Waals surface area contributed by atoms with Gasteiger partial charge >= 0.3 is 0 Å². The van der Waals surface area contributed by atoms with Crippen LogP contribution in [-0.2, 0) is 9.47 Å². The van der Waals surface area contributed by atoms with E-state index in [-0.39, 0.29) is 0 Å². The maximum atomic E-state index is 5.90. The van der Waals surface area contributed by atoms with Gasteiger partial charge in [-0.25, -0.2) is 9.98 Å². The van der Waals surface area contributed by atoms with Crippen LogP contribution in [0.5, 0.6) is 11.5 Å². The summed E-state index contributed by atoms with van der Waals surface area (Å²) in [4.78, 5) is 8.41. The summed E-state index contributed by atoms with van der Waals surface area (Å²) < 4.78 is 16.6. The van der Waals surface area contributed by atoms with Crippen LogP contribution < -0.4 is 15.4 Å². The first kappa shape index (κ1) is 15.3. The number of ether oxygens (including phenoxy) is 3. The summed E-state index contributed by atoms with van der Waals surface area (Å²) in [5.41, 5.74) is 1.77. The van der Waals surface area contributed by atoms with Gasteiger partial charge in [0.15, 0.2) is 0 Å². The molecule has 4 rings (SSSR count). The highest BCUT2D eigenvalue weighted by atomic mass is 16.5. The third kappa shape index (κ3) is 4.00. The van der Waals surface area contributed by atoms with Gasteiger partial charge < -0.3 is 24.8 Å². The van der Waals surface area contributed by atoms with Crippen LogP contribution in [0.4, 0.5) is 11.4 Å². The molecule has 2 heterocycles. The van der Waals surface area contributed by atoms with Crippen LogP contribution in [0, 0.1) is 0 Å². The molecule has 0 aromatic heterocycles. The molecule has 0 saturated heterocycles. The van der Waals surface area contributed by atoms with E-state index >= 15 is 0 Å². The van der Waals surface area contributed by atoms with Gasteiger partial charge in [-0.05, 0) is 36.4 Å². The van der Waals surface area contributed by atoms with E-state index in [1.807, 2.05) is 48.5 Å². The Hall–Kier alpha value is -3.22. The van der Waals surface area contributed by atoms with Crippen LogP contribution in [0.25, 0.3) is 0 Å². The number of rotatable bonds is 4. The standard InChI is InChI=1S/C18H18N4O3/c1-2-14(22-18-20-9-11-24-18)12-16(3-1)25-15-6-4-13(5-7-15)21-17-19-8-10-23-17/h1-7,12H,8-11H2,(H,19,21)(H,20,22). The number of anilines is 2. The Morgan fingerprint density at radius 2 is 1.44 bits per heavy atom. The number of benzene rings is 2. The second-order valence-corrected chi connectivity index (χ2v) is 5.47. The van der Waals surface area contributed by atoms with Crippen molar-refractivity contribution in [3.05, 3.63) is 48.5 Å². The molecule has 25 heavy (non-hydrogen) atoms. The molecule has 0 amide bonds. The van der Waals surface area contributed by atoms with Crippen molar-refractivity contribution in [2.45, 2.75) is 0 Å². The van der Waals surface area contributed by atoms with Gasteiger partial charge in [-0.3, -0.25) is 0 Å². The van der Waals surface area contributed by atoms with E-state index in [9.17, 15) is 0 Å². The summed E-state index contributed by atoms with van der Waals surface area (Å²) in [6.45, 7) is 2.64. The Balaban J connectivity index is 1.39. The fraction of sp³-hybridized carbons (Fsp3) is 0.222. The van der Waals surface area contributed by atoms with Crippen LogP contribution in [0.15, 0.2) is 58.5 Å². The molecule has 0 fully saturated rings. The van der Waals surface area contributed by atoms with Gasteiger partial charge in [0.1, 0.15) is 24.7 Å². The lowest BCUT2D eigenvalue weighted by Gasteiger charge is -2.10. The van der Waals surface area contributed by atoms with Gasteiger partial charge in [-0.1, -0.05) is 6.07 Å². The molecule has 2 N–H and O–H groups in total. The molecule has 7 nitrogen and oxygen atoms in total. The molecule has 0 spiro atoms. The minimum Gasteiger partial charge on any atom is -0.463 e. The molecule has 2 aliphatic heterocycles. The topological polar surface area (TPSA) is 76.5 Å². The Morgan fingerprint density at radius 3 is 2.08 bits per heavy atom. The van der Waals surface area contributed by atoms with E-state index in [1.165, 1.54) is 0 Å². The number of aliphatic imine (C=N–C) groups is 2. The highest BCUT2D eigenvalue weighted by molar-refractivity contribution is 5.90. The number of hydrogen-bond acceptors (Lipinski definition) is 7. The Labute approximate surface area is 145 Å². The summed E-state index contributed by atoms with van der Waals surface area (Å²) in [7, 11) is 0. The number of nitrogens with zero attached hydrogens (tertiary/aromatic N) is 2. The molecular formula is C18H18N4O3. The second-order valence-electron chi connectivity index (χ2n) is 5.47. The van der Waals surface area contributed by atoms with Crippen molar-refractivity contribution in [1.82, 2.24) is 0 Å². The van der Waals surface area contributed by atoms with Crippen LogP contribution in [0.3, 0.4) is 0 Å². The molecule has 0 aliphatic carbocycles. The van der Waals surface area contributed by atoms with Crippen LogP contribution in [-0.4, -0.2) is 38.3 Å². The van der Waals surface area contributed by atoms with E-state index in [0.29, 0.717) is 38.3 Å². The van der Waals surface area contributed by atoms with Gasteiger partial charge in [0.2, 0.25) is 0 Å². The predicted octanol–water partition coefficient (Wildman–Crippen LogP) is 3.08. The first-order chi connectivity index (χ1) is 12.3. The Morgan fingerprint density at radius 1 is 0.760 bits per heavy atom. The first-order valence-electron chi connectivity index (χ1n) is 8.12. The van der Waals surface area contributed by atoms with Crippen molar-refractivity contribution >= 4 is 23.4 Å². The predicted molar refractivity (Wildman–Crippen MR) is 96.7 cm³/mol. The van der Waals surface area contributed by atoms with Gasteiger partial charge in [0, 0.05) is 17.4 Å². The summed E-state index contributed by atoms with van der Waals surface area (Å²) in [6.07, 6.45) is 0. The maximum absolute atomic E-state index is 5.90. The quantitative estimate of drug-likeness (QED) is 0.896. The molecule has 2 aromatic rings. The molecule has 0 bridgehead atoms. The third-order valence-electron chi connectivity index (χ3n) is 3.60. The van der Waals surface area contributed by atoms with Crippen molar-refractivity contribution < 1.29 is 14.2 Å². The fourth-order valence-corrected chi connectivity index (χ4v) is 2.45. The zero-order valence-electron chi connectivity index (χ0n) is 13.6. The van der Waals surface area contributed by atoms with Crippen molar-refractivity contribution in [3.63, 3.8) is 0 Å². The normalized spacial score (nSPS) is 15.7. The van der Waals surface area contributed by atoms with Gasteiger partial charge in [0.05, 0.1) is 13.1 Å². The number of nitrogens with one attached hydrogen (secondary N) is 2. The van der Waals surface area contributed by atoms with E-state index in [4.69, 9.17) is 14.2 Å². The van der Waals surface area contributed by atoms with E-state index in [2.05, 4.69) is 20.6 Å². The molecule has 0 unspecified atom stereocenters. The molecular weight excluding hydrogens is 320 g/mol. The highest BCUT2D eigenvalue weighted by Crippen LogP contribution is 2.25. The third-order valence-corrected chi connectivity index (χ3v) is 3.60. The van der Waals surface area contributed by atoms with Gasteiger partial charge in [-0.15, -0.1) is 0 Å². The molecule has 0 atom stereocenters. The molecule has 7 heteroatoms. The number of hydrogen-bond donors (Lipinski definition) is 2. The zero-order chi connectivity index (χ0) is 16.9. The summed E-state index contributed by atoms with van der Waals surface area (Å²) in [6, 6.07) is 16.4. The lowest BCUT2D eigenvalue weighted by atomic mass is 10.3. The minimum atomic E-state index is 0.546. The summed E-state index contributed by atoms with van der Waals surface area (Å²) in [5, 5.41) is 6.24. The highest BCUT2D eigenvalue weighted by Gasteiger charge is 2.09.